The molecule has 0 bridgehead atoms. The molecule has 0 aliphatic carbocycles. The minimum absolute atomic E-state index is 0.403. The molecule has 1 atom stereocenters. The van der Waals surface area contributed by atoms with E-state index in [0.29, 0.717) is 5.41 Å². The van der Waals surface area contributed by atoms with Crippen LogP contribution in [0.1, 0.15) is 38.8 Å². The van der Waals surface area contributed by atoms with Crippen LogP contribution in [0.15, 0.2) is 24.5 Å². The van der Waals surface area contributed by atoms with Gasteiger partial charge in [0.25, 0.3) is 0 Å². The number of piperidine rings is 1. The minimum atomic E-state index is 0.403. The van der Waals surface area contributed by atoms with Crippen molar-refractivity contribution >= 4 is 22.4 Å². The first-order valence-corrected chi connectivity index (χ1v) is 8.91. The average molecular weight is 323 g/mol. The van der Waals surface area contributed by atoms with Crippen LogP contribution in [0.2, 0.25) is 0 Å². The van der Waals surface area contributed by atoms with Crippen molar-refractivity contribution in [3.05, 3.63) is 30.2 Å². The number of aromatic nitrogens is 3. The van der Waals surface area contributed by atoms with Crippen molar-refractivity contribution in [1.82, 2.24) is 20.3 Å². The molecule has 4 heterocycles. The lowest BCUT2D eigenvalue weighted by Crippen LogP contribution is -2.45. The maximum Gasteiger partial charge on any atom is 0.157 e. The zero-order chi connectivity index (χ0) is 16.6. The fraction of sp³-hybridized carbons (Fsp3) is 0.526. The average Bonchev–Trinajstić information content (AvgIpc) is 3.07. The van der Waals surface area contributed by atoms with Gasteiger partial charge in [0.15, 0.2) is 5.82 Å². The second kappa shape index (κ2) is 6.13. The molecule has 0 amide bonds. The molecule has 2 aliphatic rings. The topological polar surface area (TPSA) is 53.9 Å². The molecule has 1 unspecified atom stereocenters. The van der Waals surface area contributed by atoms with E-state index in [1.165, 1.54) is 24.8 Å². The van der Waals surface area contributed by atoms with Gasteiger partial charge in [-0.05, 0) is 51.3 Å². The Morgan fingerprint density at radius 2 is 2.17 bits per heavy atom. The lowest BCUT2D eigenvalue weighted by molar-refractivity contribution is 0.260. The smallest absolute Gasteiger partial charge is 0.157 e. The molecule has 5 heteroatoms. The van der Waals surface area contributed by atoms with E-state index in [0.717, 1.165) is 48.7 Å². The first kappa shape index (κ1) is 15.5. The predicted octanol–water partition coefficient (Wildman–Crippen LogP) is 3.03. The molecular formula is C19H25N5. The summed E-state index contributed by atoms with van der Waals surface area (Å²) in [6, 6.07) is 2.05. The van der Waals surface area contributed by atoms with Crippen LogP contribution < -0.4 is 10.2 Å². The Labute approximate surface area is 143 Å². The Kier molecular flexibility index (Phi) is 3.96. The lowest BCUT2D eigenvalue weighted by atomic mass is 9.79. The summed E-state index contributed by atoms with van der Waals surface area (Å²) in [5.41, 5.74) is 4.44. The van der Waals surface area contributed by atoms with E-state index in [4.69, 9.17) is 4.98 Å². The molecule has 1 spiro atoms. The fourth-order valence-corrected chi connectivity index (χ4v) is 4.06. The third kappa shape index (κ3) is 2.67. The van der Waals surface area contributed by atoms with Crippen LogP contribution in [0.5, 0.6) is 0 Å². The SMILES string of the molecule is C/C=C(\C)c1cc2nccnc2c(N2CCCC3(CCNC3)C2)n1. The molecule has 2 aliphatic heterocycles. The monoisotopic (exact) mass is 323 g/mol. The third-order valence-corrected chi connectivity index (χ3v) is 5.57. The van der Waals surface area contributed by atoms with Gasteiger partial charge in [0, 0.05) is 37.4 Å². The molecule has 2 fully saturated rings. The molecule has 2 saturated heterocycles. The van der Waals surface area contributed by atoms with Gasteiger partial charge in [-0.3, -0.25) is 4.98 Å². The normalized spacial score (nSPS) is 24.9. The first-order chi connectivity index (χ1) is 11.7. The number of pyridine rings is 1. The summed E-state index contributed by atoms with van der Waals surface area (Å²) in [5, 5.41) is 3.55. The van der Waals surface area contributed by atoms with Gasteiger partial charge in [-0.15, -0.1) is 0 Å². The molecular weight excluding hydrogens is 298 g/mol. The van der Waals surface area contributed by atoms with Crippen molar-refractivity contribution in [3.63, 3.8) is 0 Å². The van der Waals surface area contributed by atoms with E-state index in [1.807, 2.05) is 0 Å². The Balaban J connectivity index is 1.79. The maximum absolute atomic E-state index is 4.98. The van der Waals surface area contributed by atoms with Crippen molar-refractivity contribution in [2.24, 2.45) is 5.41 Å². The number of hydrogen-bond acceptors (Lipinski definition) is 5. The Bertz CT molecular complexity index is 776. The summed E-state index contributed by atoms with van der Waals surface area (Å²) in [5.74, 6) is 1.00. The van der Waals surface area contributed by atoms with Gasteiger partial charge >= 0.3 is 0 Å². The van der Waals surface area contributed by atoms with Gasteiger partial charge in [-0.25, -0.2) is 9.97 Å². The highest BCUT2D eigenvalue weighted by atomic mass is 15.2. The summed E-state index contributed by atoms with van der Waals surface area (Å²) in [4.78, 5) is 16.6. The van der Waals surface area contributed by atoms with Crippen LogP contribution in [-0.4, -0.2) is 41.1 Å². The van der Waals surface area contributed by atoms with Crippen LogP contribution in [0.25, 0.3) is 16.6 Å². The largest absolute Gasteiger partial charge is 0.354 e. The molecule has 1 N–H and O–H groups in total. The van der Waals surface area contributed by atoms with Gasteiger partial charge in [0.05, 0.1) is 11.2 Å². The molecule has 0 radical (unpaired) electrons. The molecule has 0 aromatic carbocycles. The zero-order valence-corrected chi connectivity index (χ0v) is 14.5. The summed E-state index contributed by atoms with van der Waals surface area (Å²) < 4.78 is 0. The van der Waals surface area contributed by atoms with E-state index in [9.17, 15) is 0 Å². The van der Waals surface area contributed by atoms with Crippen molar-refractivity contribution in [1.29, 1.82) is 0 Å². The molecule has 126 valence electrons. The number of rotatable bonds is 2. The quantitative estimate of drug-likeness (QED) is 0.920. The molecule has 0 saturated carbocycles. The zero-order valence-electron chi connectivity index (χ0n) is 14.5. The van der Waals surface area contributed by atoms with Gasteiger partial charge in [0.2, 0.25) is 0 Å². The number of hydrogen-bond donors (Lipinski definition) is 1. The van der Waals surface area contributed by atoms with Crippen molar-refractivity contribution in [3.8, 4) is 0 Å². The molecule has 5 nitrogen and oxygen atoms in total. The van der Waals surface area contributed by atoms with E-state index in [2.05, 4.69) is 46.2 Å². The van der Waals surface area contributed by atoms with E-state index in [-0.39, 0.29) is 0 Å². The van der Waals surface area contributed by atoms with E-state index in [1.54, 1.807) is 12.4 Å². The lowest BCUT2D eigenvalue weighted by Gasteiger charge is -2.40. The minimum Gasteiger partial charge on any atom is -0.354 e. The molecule has 2 aromatic heterocycles. The number of nitrogens with zero attached hydrogens (tertiary/aromatic N) is 4. The number of allylic oxidation sites excluding steroid dienone is 2. The highest BCUT2D eigenvalue weighted by Crippen LogP contribution is 2.38. The van der Waals surface area contributed by atoms with Crippen molar-refractivity contribution in [2.45, 2.75) is 33.1 Å². The van der Waals surface area contributed by atoms with Crippen LogP contribution in [-0.2, 0) is 0 Å². The van der Waals surface area contributed by atoms with Gasteiger partial charge in [0.1, 0.15) is 5.52 Å². The molecule has 4 rings (SSSR count). The highest BCUT2D eigenvalue weighted by Gasteiger charge is 2.38. The van der Waals surface area contributed by atoms with Crippen LogP contribution >= 0.6 is 0 Å². The van der Waals surface area contributed by atoms with Gasteiger partial charge < -0.3 is 10.2 Å². The van der Waals surface area contributed by atoms with Crippen molar-refractivity contribution in [2.75, 3.05) is 31.1 Å². The standard InChI is InChI=1S/C19H25N5/c1-3-14(2)15-11-16-17(22-9-8-21-16)18(23-15)24-10-4-5-19(13-24)6-7-20-12-19/h3,8-9,11,20H,4-7,10,12-13H2,1-2H3/b14-3+. The predicted molar refractivity (Wildman–Crippen MR) is 98.0 cm³/mol. The van der Waals surface area contributed by atoms with Crippen molar-refractivity contribution < 1.29 is 0 Å². The van der Waals surface area contributed by atoms with Gasteiger partial charge in [-0.1, -0.05) is 6.08 Å². The number of nitrogens with one attached hydrogen (secondary N) is 1. The van der Waals surface area contributed by atoms with Crippen LogP contribution in [0.4, 0.5) is 5.82 Å². The highest BCUT2D eigenvalue weighted by molar-refractivity contribution is 5.88. The number of anilines is 1. The maximum atomic E-state index is 4.98. The Morgan fingerprint density at radius 3 is 2.96 bits per heavy atom. The van der Waals surface area contributed by atoms with Gasteiger partial charge in [-0.2, -0.15) is 0 Å². The second-order valence-electron chi connectivity index (χ2n) is 7.18. The summed E-state index contributed by atoms with van der Waals surface area (Å²) in [6.45, 7) is 8.54. The third-order valence-electron chi connectivity index (χ3n) is 5.57. The Hall–Kier alpha value is -2.01. The summed E-state index contributed by atoms with van der Waals surface area (Å²) >= 11 is 0. The summed E-state index contributed by atoms with van der Waals surface area (Å²) in [6.07, 6.45) is 9.44. The first-order valence-electron chi connectivity index (χ1n) is 8.91. The Morgan fingerprint density at radius 1 is 1.29 bits per heavy atom. The van der Waals surface area contributed by atoms with E-state index < -0.39 is 0 Å². The van der Waals surface area contributed by atoms with Crippen LogP contribution in [0.3, 0.4) is 0 Å². The van der Waals surface area contributed by atoms with E-state index >= 15 is 0 Å². The molecule has 2 aromatic rings. The second-order valence-corrected chi connectivity index (χ2v) is 7.18. The fourth-order valence-electron chi connectivity index (χ4n) is 4.06. The van der Waals surface area contributed by atoms with Crippen LogP contribution in [0, 0.1) is 5.41 Å². The molecule has 24 heavy (non-hydrogen) atoms. The number of fused-ring (bicyclic) bond motifs is 1. The summed E-state index contributed by atoms with van der Waals surface area (Å²) in [7, 11) is 0.